The third kappa shape index (κ3) is 4.31. The number of Topliss-reactive ketones (excluding diaryl/α,β-unsaturated/α-hetero) is 1. The van der Waals surface area contributed by atoms with E-state index in [9.17, 15) is 4.79 Å². The van der Waals surface area contributed by atoms with Gasteiger partial charge in [-0.25, -0.2) is 0 Å². The first-order valence-electron chi connectivity index (χ1n) is 8.01. The van der Waals surface area contributed by atoms with Crippen LogP contribution in [-0.2, 0) is 6.54 Å². The van der Waals surface area contributed by atoms with Gasteiger partial charge < -0.3 is 9.88 Å². The molecule has 3 aromatic rings. The van der Waals surface area contributed by atoms with Crippen LogP contribution < -0.4 is 5.32 Å². The summed E-state index contributed by atoms with van der Waals surface area (Å²) in [5.74, 6) is 0.514. The highest BCUT2D eigenvalue weighted by Gasteiger charge is 2.17. The average molecular weight is 393 g/mol. The van der Waals surface area contributed by atoms with Crippen molar-refractivity contribution in [3.05, 3.63) is 45.4 Å². The highest BCUT2D eigenvalue weighted by atomic mass is 32.2. The lowest BCUT2D eigenvalue weighted by Gasteiger charge is -2.08. The molecule has 8 heteroatoms. The summed E-state index contributed by atoms with van der Waals surface area (Å²) in [7, 11) is 0. The Bertz CT molecular complexity index is 852. The number of hydrogen-bond acceptors (Lipinski definition) is 7. The Morgan fingerprint density at radius 1 is 1.36 bits per heavy atom. The van der Waals surface area contributed by atoms with Gasteiger partial charge in [0.15, 0.2) is 10.1 Å². The van der Waals surface area contributed by atoms with E-state index in [1.807, 2.05) is 19.9 Å². The average Bonchev–Trinajstić information content (AvgIpc) is 3.31. The van der Waals surface area contributed by atoms with E-state index in [2.05, 4.69) is 44.5 Å². The van der Waals surface area contributed by atoms with Crippen molar-refractivity contribution >= 4 is 45.4 Å². The van der Waals surface area contributed by atoms with E-state index in [1.165, 1.54) is 28.0 Å². The highest BCUT2D eigenvalue weighted by molar-refractivity contribution is 8.01. The van der Waals surface area contributed by atoms with Gasteiger partial charge in [-0.15, -0.1) is 21.5 Å². The summed E-state index contributed by atoms with van der Waals surface area (Å²) in [6.45, 7) is 7.72. The molecular weight excluding hydrogens is 372 g/mol. The molecule has 0 atom stereocenters. The molecule has 3 aromatic heterocycles. The van der Waals surface area contributed by atoms with Gasteiger partial charge in [0.2, 0.25) is 5.13 Å². The van der Waals surface area contributed by atoms with Crippen molar-refractivity contribution in [1.82, 2.24) is 14.8 Å². The van der Waals surface area contributed by atoms with E-state index >= 15 is 0 Å². The minimum Gasteiger partial charge on any atom is -0.360 e. The molecule has 0 aromatic carbocycles. The first-order chi connectivity index (χ1) is 12.1. The van der Waals surface area contributed by atoms with Crippen LogP contribution in [0.15, 0.2) is 27.9 Å². The minimum absolute atomic E-state index is 0.135. The van der Waals surface area contributed by atoms with E-state index in [1.54, 1.807) is 11.3 Å². The van der Waals surface area contributed by atoms with Gasteiger partial charge in [-0.1, -0.05) is 29.2 Å². The number of aryl methyl sites for hydroxylation is 1. The molecule has 0 fully saturated rings. The SMILES string of the molecule is CCNc1nnc(SCC(=O)c2cc(C)n(Cc3cccs3)c2C)s1. The van der Waals surface area contributed by atoms with E-state index in [0.29, 0.717) is 5.75 Å². The third-order valence-electron chi connectivity index (χ3n) is 3.83. The van der Waals surface area contributed by atoms with Crippen LogP contribution in [0.25, 0.3) is 0 Å². The van der Waals surface area contributed by atoms with Crippen molar-refractivity contribution in [3.8, 4) is 0 Å². The molecule has 0 aliphatic heterocycles. The number of thiophene rings is 1. The van der Waals surface area contributed by atoms with Gasteiger partial charge in [0.25, 0.3) is 0 Å². The first-order valence-corrected chi connectivity index (χ1v) is 10.7. The number of carbonyl (C=O) groups is 1. The third-order valence-corrected chi connectivity index (χ3v) is 6.70. The maximum Gasteiger partial charge on any atom is 0.206 e. The van der Waals surface area contributed by atoms with Crippen molar-refractivity contribution in [1.29, 1.82) is 0 Å². The summed E-state index contributed by atoms with van der Waals surface area (Å²) in [5.41, 5.74) is 2.95. The number of thioether (sulfide) groups is 1. The van der Waals surface area contributed by atoms with Crippen LogP contribution in [0.3, 0.4) is 0 Å². The topological polar surface area (TPSA) is 59.8 Å². The van der Waals surface area contributed by atoms with Crippen LogP contribution in [0.5, 0.6) is 0 Å². The summed E-state index contributed by atoms with van der Waals surface area (Å²) in [6, 6.07) is 6.18. The van der Waals surface area contributed by atoms with Gasteiger partial charge in [-0.3, -0.25) is 4.79 Å². The zero-order valence-electron chi connectivity index (χ0n) is 14.4. The maximum absolute atomic E-state index is 12.6. The fourth-order valence-corrected chi connectivity index (χ4v) is 4.98. The maximum atomic E-state index is 12.6. The predicted molar refractivity (Wildman–Crippen MR) is 106 cm³/mol. The number of aromatic nitrogens is 3. The summed E-state index contributed by atoms with van der Waals surface area (Å²) in [4.78, 5) is 13.9. The lowest BCUT2D eigenvalue weighted by atomic mass is 10.2. The van der Waals surface area contributed by atoms with Crippen LogP contribution in [0, 0.1) is 13.8 Å². The number of rotatable bonds is 8. The molecule has 0 bridgehead atoms. The standard InChI is InChI=1S/C17H20N4OS3/c1-4-18-16-19-20-17(25-16)24-10-15(22)14-8-11(2)21(12(14)3)9-13-6-5-7-23-13/h5-8H,4,9-10H2,1-3H3,(H,18,19). The van der Waals surface area contributed by atoms with Crippen molar-refractivity contribution in [2.24, 2.45) is 0 Å². The van der Waals surface area contributed by atoms with Gasteiger partial charge in [0, 0.05) is 28.4 Å². The van der Waals surface area contributed by atoms with Gasteiger partial charge in [0.1, 0.15) is 0 Å². The molecule has 3 rings (SSSR count). The molecule has 3 heterocycles. The van der Waals surface area contributed by atoms with E-state index < -0.39 is 0 Å². The van der Waals surface area contributed by atoms with E-state index in [0.717, 1.165) is 39.5 Å². The number of hydrogen-bond donors (Lipinski definition) is 1. The normalized spacial score (nSPS) is 11.0. The molecule has 0 amide bonds. The smallest absolute Gasteiger partial charge is 0.206 e. The zero-order chi connectivity index (χ0) is 17.8. The zero-order valence-corrected chi connectivity index (χ0v) is 16.9. The second-order valence-corrected chi connectivity index (χ2v) is 8.80. The lowest BCUT2D eigenvalue weighted by Crippen LogP contribution is -2.07. The van der Waals surface area contributed by atoms with E-state index in [4.69, 9.17) is 0 Å². The largest absolute Gasteiger partial charge is 0.360 e. The molecule has 25 heavy (non-hydrogen) atoms. The molecule has 0 saturated carbocycles. The molecule has 0 aliphatic rings. The molecule has 0 spiro atoms. The van der Waals surface area contributed by atoms with Crippen LogP contribution in [-0.4, -0.2) is 32.8 Å². The molecule has 0 aliphatic carbocycles. The Kier molecular flexibility index (Phi) is 5.93. The second-order valence-electron chi connectivity index (χ2n) is 5.57. The van der Waals surface area contributed by atoms with Crippen molar-refractivity contribution in [3.63, 3.8) is 0 Å². The van der Waals surface area contributed by atoms with Gasteiger partial charge in [0.05, 0.1) is 12.3 Å². The van der Waals surface area contributed by atoms with Gasteiger partial charge in [-0.05, 0) is 38.3 Å². The predicted octanol–water partition coefficient (Wildman–Crippen LogP) is 4.47. The van der Waals surface area contributed by atoms with Gasteiger partial charge in [-0.2, -0.15) is 0 Å². The summed E-state index contributed by atoms with van der Waals surface area (Å²) in [6.07, 6.45) is 0. The van der Waals surface area contributed by atoms with Crippen molar-refractivity contribution in [2.75, 3.05) is 17.6 Å². The fraction of sp³-hybridized carbons (Fsp3) is 0.353. The second kappa shape index (κ2) is 8.16. The molecule has 0 saturated heterocycles. The number of nitrogens with one attached hydrogen (secondary N) is 1. The molecule has 1 N–H and O–H groups in total. The first kappa shape index (κ1) is 18.2. The van der Waals surface area contributed by atoms with Crippen LogP contribution in [0.4, 0.5) is 5.13 Å². The Morgan fingerprint density at radius 2 is 2.20 bits per heavy atom. The molecular formula is C17H20N4OS3. The molecule has 0 radical (unpaired) electrons. The lowest BCUT2D eigenvalue weighted by molar-refractivity contribution is 0.102. The Labute approximate surface area is 159 Å². The van der Waals surface area contributed by atoms with Crippen molar-refractivity contribution < 1.29 is 4.79 Å². The van der Waals surface area contributed by atoms with Gasteiger partial charge >= 0.3 is 0 Å². The van der Waals surface area contributed by atoms with Crippen LogP contribution in [0.1, 0.15) is 33.5 Å². The molecule has 132 valence electrons. The Balaban J connectivity index is 1.67. The number of anilines is 1. The van der Waals surface area contributed by atoms with E-state index in [-0.39, 0.29) is 5.78 Å². The quantitative estimate of drug-likeness (QED) is 0.453. The number of nitrogens with zero attached hydrogens (tertiary/aromatic N) is 3. The van der Waals surface area contributed by atoms with Crippen LogP contribution >= 0.6 is 34.4 Å². The minimum atomic E-state index is 0.135. The number of ketones is 1. The fourth-order valence-electron chi connectivity index (χ4n) is 2.58. The summed E-state index contributed by atoms with van der Waals surface area (Å²) < 4.78 is 3.02. The highest BCUT2D eigenvalue weighted by Crippen LogP contribution is 2.27. The van der Waals surface area contributed by atoms with Crippen molar-refractivity contribution in [2.45, 2.75) is 31.7 Å². The molecule has 5 nitrogen and oxygen atoms in total. The summed E-state index contributed by atoms with van der Waals surface area (Å²) in [5, 5.41) is 14.2. The molecule has 0 unspecified atom stereocenters. The Hall–Kier alpha value is -1.64. The Morgan fingerprint density at radius 3 is 2.92 bits per heavy atom. The summed E-state index contributed by atoms with van der Waals surface area (Å²) >= 11 is 4.67. The number of carbonyl (C=O) groups excluding carboxylic acids is 1. The monoisotopic (exact) mass is 392 g/mol. The van der Waals surface area contributed by atoms with Crippen LogP contribution in [0.2, 0.25) is 0 Å².